The van der Waals surface area contributed by atoms with E-state index in [1.54, 1.807) is 6.92 Å². The second-order valence-corrected chi connectivity index (χ2v) is 4.93. The Morgan fingerprint density at radius 2 is 2.16 bits per heavy atom. The summed E-state index contributed by atoms with van der Waals surface area (Å²) in [5, 5.41) is 0. The third-order valence-electron chi connectivity index (χ3n) is 2.63. The Kier molecular flexibility index (Phi) is 6.87. The molecule has 1 rings (SSSR count). The number of esters is 1. The van der Waals surface area contributed by atoms with Gasteiger partial charge in [-0.05, 0) is 35.3 Å². The zero-order valence-corrected chi connectivity index (χ0v) is 12.9. The molecule has 0 heterocycles. The number of halogens is 1. The standard InChI is InChI=1S/C14H20BrNO3/c1-3-6-12(14(17)18-4-2)19-13-10(9-16)7-5-8-11(13)15/h5,7-8,12H,3-4,6,9,16H2,1-2H3. The Bertz CT molecular complexity index is 423. The maximum atomic E-state index is 11.9. The molecule has 0 saturated carbocycles. The topological polar surface area (TPSA) is 61.5 Å². The second kappa shape index (κ2) is 8.17. The third kappa shape index (κ3) is 4.51. The van der Waals surface area contributed by atoms with Gasteiger partial charge < -0.3 is 15.2 Å². The van der Waals surface area contributed by atoms with Gasteiger partial charge in [0.15, 0.2) is 6.10 Å². The monoisotopic (exact) mass is 329 g/mol. The fourth-order valence-corrected chi connectivity index (χ4v) is 2.21. The van der Waals surface area contributed by atoms with Gasteiger partial charge in [0.25, 0.3) is 0 Å². The fraction of sp³-hybridized carbons (Fsp3) is 0.500. The number of rotatable bonds is 7. The van der Waals surface area contributed by atoms with Crippen molar-refractivity contribution in [1.29, 1.82) is 0 Å². The first-order valence-corrected chi connectivity index (χ1v) is 7.24. The van der Waals surface area contributed by atoms with Crippen molar-refractivity contribution >= 4 is 21.9 Å². The minimum atomic E-state index is -0.589. The number of nitrogens with two attached hydrogens (primary N) is 1. The molecule has 0 spiro atoms. The zero-order valence-electron chi connectivity index (χ0n) is 11.3. The van der Waals surface area contributed by atoms with Gasteiger partial charge in [0.2, 0.25) is 0 Å². The van der Waals surface area contributed by atoms with Crippen LogP contribution in [0.4, 0.5) is 0 Å². The van der Waals surface area contributed by atoms with E-state index in [1.165, 1.54) is 0 Å². The van der Waals surface area contributed by atoms with Crippen molar-refractivity contribution in [3.63, 3.8) is 0 Å². The summed E-state index contributed by atoms with van der Waals surface area (Å²) in [6, 6.07) is 5.63. The Morgan fingerprint density at radius 1 is 1.42 bits per heavy atom. The molecule has 1 unspecified atom stereocenters. The van der Waals surface area contributed by atoms with E-state index >= 15 is 0 Å². The number of carbonyl (C=O) groups is 1. The molecule has 2 N–H and O–H groups in total. The lowest BCUT2D eigenvalue weighted by Gasteiger charge is -2.19. The highest BCUT2D eigenvalue weighted by Crippen LogP contribution is 2.30. The molecule has 0 radical (unpaired) electrons. The first-order chi connectivity index (χ1) is 9.13. The van der Waals surface area contributed by atoms with Gasteiger partial charge in [0, 0.05) is 12.1 Å². The predicted octanol–water partition coefficient (Wildman–Crippen LogP) is 3.02. The summed E-state index contributed by atoms with van der Waals surface area (Å²) in [6.45, 7) is 4.49. The van der Waals surface area contributed by atoms with Crippen LogP contribution in [0.5, 0.6) is 5.75 Å². The average Bonchev–Trinajstić information content (AvgIpc) is 2.40. The summed E-state index contributed by atoms with van der Waals surface area (Å²) in [4.78, 5) is 11.9. The molecule has 5 heteroatoms. The van der Waals surface area contributed by atoms with E-state index in [0.717, 1.165) is 16.5 Å². The summed E-state index contributed by atoms with van der Waals surface area (Å²) >= 11 is 3.42. The smallest absolute Gasteiger partial charge is 0.347 e. The molecule has 0 aliphatic rings. The highest BCUT2D eigenvalue weighted by atomic mass is 79.9. The molecule has 4 nitrogen and oxygen atoms in total. The van der Waals surface area contributed by atoms with Crippen molar-refractivity contribution in [2.45, 2.75) is 39.3 Å². The highest BCUT2D eigenvalue weighted by molar-refractivity contribution is 9.10. The molecule has 106 valence electrons. The summed E-state index contributed by atoms with van der Waals surface area (Å²) in [7, 11) is 0. The Hall–Kier alpha value is -1.07. The Morgan fingerprint density at radius 3 is 2.74 bits per heavy atom. The number of para-hydroxylation sites is 1. The molecule has 1 atom stereocenters. The lowest BCUT2D eigenvalue weighted by atomic mass is 10.1. The minimum absolute atomic E-state index is 0.330. The highest BCUT2D eigenvalue weighted by Gasteiger charge is 2.22. The van der Waals surface area contributed by atoms with Crippen LogP contribution < -0.4 is 10.5 Å². The quantitative estimate of drug-likeness (QED) is 0.781. The van der Waals surface area contributed by atoms with Gasteiger partial charge in [-0.1, -0.05) is 25.5 Å². The zero-order chi connectivity index (χ0) is 14.3. The van der Waals surface area contributed by atoms with Gasteiger partial charge in [0.1, 0.15) is 5.75 Å². The molecular weight excluding hydrogens is 310 g/mol. The van der Waals surface area contributed by atoms with E-state index in [1.807, 2.05) is 25.1 Å². The maximum absolute atomic E-state index is 11.9. The van der Waals surface area contributed by atoms with E-state index in [-0.39, 0.29) is 5.97 Å². The Labute approximate surface area is 122 Å². The predicted molar refractivity (Wildman–Crippen MR) is 78.0 cm³/mol. The largest absolute Gasteiger partial charge is 0.477 e. The minimum Gasteiger partial charge on any atom is -0.477 e. The molecule has 1 aromatic rings. The summed E-state index contributed by atoms with van der Waals surface area (Å²) in [6.07, 6.45) is 0.866. The normalized spacial score (nSPS) is 12.0. The van der Waals surface area contributed by atoms with Crippen molar-refractivity contribution in [1.82, 2.24) is 0 Å². The van der Waals surface area contributed by atoms with Gasteiger partial charge in [-0.3, -0.25) is 0 Å². The van der Waals surface area contributed by atoms with Crippen molar-refractivity contribution in [2.75, 3.05) is 6.61 Å². The van der Waals surface area contributed by atoms with Gasteiger partial charge in [-0.15, -0.1) is 0 Å². The van der Waals surface area contributed by atoms with Crippen LogP contribution in [-0.4, -0.2) is 18.7 Å². The second-order valence-electron chi connectivity index (χ2n) is 4.08. The molecule has 0 fully saturated rings. The lowest BCUT2D eigenvalue weighted by molar-refractivity contribution is -0.151. The van der Waals surface area contributed by atoms with E-state index in [2.05, 4.69) is 15.9 Å². The van der Waals surface area contributed by atoms with Crippen molar-refractivity contribution in [3.05, 3.63) is 28.2 Å². The van der Waals surface area contributed by atoms with Crippen LogP contribution in [0.25, 0.3) is 0 Å². The molecule has 1 aromatic carbocycles. The van der Waals surface area contributed by atoms with E-state index < -0.39 is 6.10 Å². The molecule has 0 aliphatic carbocycles. The van der Waals surface area contributed by atoms with Crippen LogP contribution in [0.3, 0.4) is 0 Å². The fourth-order valence-electron chi connectivity index (χ4n) is 1.71. The molecule has 0 amide bonds. The van der Waals surface area contributed by atoms with E-state index in [9.17, 15) is 4.79 Å². The van der Waals surface area contributed by atoms with Crippen molar-refractivity contribution < 1.29 is 14.3 Å². The molecular formula is C14H20BrNO3. The summed E-state index contributed by atoms with van der Waals surface area (Å²) in [5.41, 5.74) is 6.55. The Balaban J connectivity index is 2.92. The number of hydrogen-bond donors (Lipinski definition) is 1. The molecule has 0 saturated heterocycles. The van der Waals surface area contributed by atoms with Gasteiger partial charge in [-0.2, -0.15) is 0 Å². The molecule has 0 bridgehead atoms. The van der Waals surface area contributed by atoms with Crippen LogP contribution in [0.2, 0.25) is 0 Å². The first kappa shape index (κ1) is 16.0. The number of carbonyl (C=O) groups excluding carboxylic acids is 1. The summed E-state index contributed by atoms with van der Waals surface area (Å²) in [5.74, 6) is 0.291. The van der Waals surface area contributed by atoms with Crippen LogP contribution in [-0.2, 0) is 16.1 Å². The van der Waals surface area contributed by atoms with E-state index in [0.29, 0.717) is 25.3 Å². The number of hydrogen-bond acceptors (Lipinski definition) is 4. The molecule has 19 heavy (non-hydrogen) atoms. The van der Waals surface area contributed by atoms with Gasteiger partial charge in [-0.25, -0.2) is 4.79 Å². The number of ether oxygens (including phenoxy) is 2. The maximum Gasteiger partial charge on any atom is 0.347 e. The van der Waals surface area contributed by atoms with Crippen LogP contribution in [0.1, 0.15) is 32.3 Å². The van der Waals surface area contributed by atoms with Crippen LogP contribution in [0.15, 0.2) is 22.7 Å². The third-order valence-corrected chi connectivity index (χ3v) is 3.25. The van der Waals surface area contributed by atoms with Crippen molar-refractivity contribution in [2.24, 2.45) is 5.73 Å². The first-order valence-electron chi connectivity index (χ1n) is 6.44. The number of benzene rings is 1. The van der Waals surface area contributed by atoms with Crippen LogP contribution in [0, 0.1) is 0 Å². The van der Waals surface area contributed by atoms with Crippen molar-refractivity contribution in [3.8, 4) is 5.75 Å². The van der Waals surface area contributed by atoms with Crippen LogP contribution >= 0.6 is 15.9 Å². The average molecular weight is 330 g/mol. The molecule has 0 aromatic heterocycles. The van der Waals surface area contributed by atoms with E-state index in [4.69, 9.17) is 15.2 Å². The lowest BCUT2D eigenvalue weighted by Crippen LogP contribution is -2.30. The SMILES string of the molecule is CCCC(Oc1c(Br)cccc1CN)C(=O)OCC. The summed E-state index contributed by atoms with van der Waals surface area (Å²) < 4.78 is 11.6. The van der Waals surface area contributed by atoms with Gasteiger partial charge >= 0.3 is 5.97 Å². The molecule has 0 aliphatic heterocycles. The van der Waals surface area contributed by atoms with Gasteiger partial charge in [0.05, 0.1) is 11.1 Å².